The van der Waals surface area contributed by atoms with Gasteiger partial charge < -0.3 is 24.3 Å². The maximum absolute atomic E-state index is 6.53. The van der Waals surface area contributed by atoms with Crippen molar-refractivity contribution in [2.45, 2.75) is 26.6 Å². The third-order valence-electron chi connectivity index (χ3n) is 4.78. The Morgan fingerprint density at radius 3 is 2.55 bits per heavy atom. The van der Waals surface area contributed by atoms with Crippen LogP contribution in [0.4, 0.5) is 0 Å². The molecule has 162 valence electrons. The van der Waals surface area contributed by atoms with E-state index in [0.717, 1.165) is 28.2 Å². The lowest BCUT2D eigenvalue weighted by atomic mass is 10.1. The number of ether oxygens (including phenoxy) is 4. The van der Waals surface area contributed by atoms with Gasteiger partial charge in [-0.1, -0.05) is 41.4 Å². The molecule has 5 nitrogen and oxygen atoms in total. The molecule has 0 radical (unpaired) electrons. The molecule has 0 unspecified atom stereocenters. The number of halogens is 2. The lowest BCUT2D eigenvalue weighted by Gasteiger charge is -2.15. The van der Waals surface area contributed by atoms with Gasteiger partial charge in [-0.05, 0) is 53.9 Å². The molecule has 0 aromatic heterocycles. The zero-order chi connectivity index (χ0) is 21.6. The Balaban J connectivity index is 1.41. The van der Waals surface area contributed by atoms with E-state index in [4.69, 9.17) is 42.1 Å². The summed E-state index contributed by atoms with van der Waals surface area (Å²) in [6.45, 7) is 4.37. The third-order valence-corrected chi connectivity index (χ3v) is 5.36. The molecule has 0 bridgehead atoms. The second-order valence-electron chi connectivity index (χ2n) is 7.03. The topological polar surface area (TPSA) is 49.0 Å². The zero-order valence-electron chi connectivity index (χ0n) is 17.1. The molecule has 3 aromatic rings. The smallest absolute Gasteiger partial charge is 0.231 e. The number of benzene rings is 3. The lowest BCUT2D eigenvalue weighted by Crippen LogP contribution is -2.13. The van der Waals surface area contributed by atoms with Crippen LogP contribution in [0.5, 0.6) is 23.0 Å². The van der Waals surface area contributed by atoms with E-state index in [1.165, 1.54) is 0 Å². The number of fused-ring (bicyclic) bond motifs is 1. The van der Waals surface area contributed by atoms with Crippen molar-refractivity contribution >= 4 is 23.2 Å². The maximum Gasteiger partial charge on any atom is 0.231 e. The summed E-state index contributed by atoms with van der Waals surface area (Å²) in [6.07, 6.45) is 0. The van der Waals surface area contributed by atoms with Gasteiger partial charge in [0.2, 0.25) is 6.79 Å². The van der Waals surface area contributed by atoms with E-state index in [9.17, 15) is 0 Å². The van der Waals surface area contributed by atoms with E-state index in [1.54, 1.807) is 6.07 Å². The highest BCUT2D eigenvalue weighted by Gasteiger charge is 2.14. The first-order chi connectivity index (χ1) is 15.1. The fourth-order valence-electron chi connectivity index (χ4n) is 3.27. The Morgan fingerprint density at radius 2 is 1.71 bits per heavy atom. The minimum absolute atomic E-state index is 0.272. The summed E-state index contributed by atoms with van der Waals surface area (Å²) in [7, 11) is 0. The van der Waals surface area contributed by atoms with Gasteiger partial charge in [0.1, 0.15) is 6.61 Å². The van der Waals surface area contributed by atoms with Crippen molar-refractivity contribution in [3.63, 3.8) is 0 Å². The van der Waals surface area contributed by atoms with Crippen molar-refractivity contribution < 1.29 is 18.9 Å². The van der Waals surface area contributed by atoms with Crippen molar-refractivity contribution in [1.82, 2.24) is 5.32 Å². The lowest BCUT2D eigenvalue weighted by molar-refractivity contribution is 0.174. The van der Waals surface area contributed by atoms with E-state index in [2.05, 4.69) is 5.32 Å². The van der Waals surface area contributed by atoms with Gasteiger partial charge in [0.25, 0.3) is 0 Å². The number of nitrogens with one attached hydrogen (secondary N) is 1. The standard InChI is InChI=1S/C24H23Cl2NO4/c1-2-28-23-10-18(13-27-12-16-6-7-21-22(9-16)31-15-30-21)20(26)11-24(23)29-14-17-4-3-5-19(25)8-17/h3-11,27H,2,12-15H2,1H3. The molecule has 0 saturated carbocycles. The van der Waals surface area contributed by atoms with Gasteiger partial charge >= 0.3 is 0 Å². The highest BCUT2D eigenvalue weighted by Crippen LogP contribution is 2.35. The second-order valence-corrected chi connectivity index (χ2v) is 7.88. The maximum atomic E-state index is 6.53. The fourth-order valence-corrected chi connectivity index (χ4v) is 3.71. The van der Waals surface area contributed by atoms with Crippen molar-refractivity contribution in [3.8, 4) is 23.0 Å². The molecule has 0 fully saturated rings. The molecule has 0 amide bonds. The summed E-state index contributed by atoms with van der Waals surface area (Å²) in [4.78, 5) is 0. The largest absolute Gasteiger partial charge is 0.490 e. The first-order valence-electron chi connectivity index (χ1n) is 10.0. The summed E-state index contributed by atoms with van der Waals surface area (Å²) in [6, 6.07) is 17.2. The van der Waals surface area contributed by atoms with Gasteiger partial charge in [-0.2, -0.15) is 0 Å². The van der Waals surface area contributed by atoms with Crippen LogP contribution >= 0.6 is 23.2 Å². The molecule has 3 aromatic carbocycles. The Bertz CT molecular complexity index is 1060. The summed E-state index contributed by atoms with van der Waals surface area (Å²) >= 11 is 12.6. The van der Waals surface area contributed by atoms with Gasteiger partial charge in [0.15, 0.2) is 23.0 Å². The fraction of sp³-hybridized carbons (Fsp3) is 0.250. The van der Waals surface area contributed by atoms with E-state index < -0.39 is 0 Å². The predicted octanol–water partition coefficient (Wildman–Crippen LogP) is 5.99. The molecule has 0 saturated heterocycles. The van der Waals surface area contributed by atoms with Crippen LogP contribution in [0.15, 0.2) is 54.6 Å². The van der Waals surface area contributed by atoms with Gasteiger partial charge in [0.05, 0.1) is 6.61 Å². The van der Waals surface area contributed by atoms with Crippen LogP contribution in [0, 0.1) is 0 Å². The summed E-state index contributed by atoms with van der Waals surface area (Å²) in [5.41, 5.74) is 3.01. The number of hydrogen-bond acceptors (Lipinski definition) is 5. The Kier molecular flexibility index (Phi) is 7.07. The second kappa shape index (κ2) is 10.1. The van der Waals surface area contributed by atoms with Gasteiger partial charge in [-0.3, -0.25) is 0 Å². The average molecular weight is 460 g/mol. The van der Waals surface area contributed by atoms with Gasteiger partial charge in [-0.15, -0.1) is 0 Å². The molecule has 4 rings (SSSR count). The minimum Gasteiger partial charge on any atom is -0.490 e. The molecular weight excluding hydrogens is 437 g/mol. The highest BCUT2D eigenvalue weighted by molar-refractivity contribution is 6.31. The van der Waals surface area contributed by atoms with Crippen molar-refractivity contribution in [2.24, 2.45) is 0 Å². The molecule has 1 aliphatic rings. The number of rotatable bonds is 9. The summed E-state index contributed by atoms with van der Waals surface area (Å²) < 4.78 is 22.5. The van der Waals surface area contributed by atoms with Crippen LogP contribution in [-0.2, 0) is 19.7 Å². The monoisotopic (exact) mass is 459 g/mol. The Morgan fingerprint density at radius 1 is 0.871 bits per heavy atom. The first-order valence-corrected chi connectivity index (χ1v) is 10.8. The van der Waals surface area contributed by atoms with Crippen molar-refractivity contribution in [3.05, 3.63) is 81.3 Å². The molecule has 31 heavy (non-hydrogen) atoms. The van der Waals surface area contributed by atoms with E-state index in [0.29, 0.717) is 47.8 Å². The summed E-state index contributed by atoms with van der Waals surface area (Å²) in [5, 5.41) is 4.70. The van der Waals surface area contributed by atoms with Crippen LogP contribution in [0.25, 0.3) is 0 Å². The van der Waals surface area contributed by atoms with E-state index in [1.807, 2.05) is 55.5 Å². The van der Waals surface area contributed by atoms with Crippen molar-refractivity contribution in [1.29, 1.82) is 0 Å². The molecule has 0 atom stereocenters. The van der Waals surface area contributed by atoms with Crippen molar-refractivity contribution in [2.75, 3.05) is 13.4 Å². The molecule has 7 heteroatoms. The normalized spacial score (nSPS) is 12.1. The van der Waals surface area contributed by atoms with Crippen LogP contribution < -0.4 is 24.3 Å². The average Bonchev–Trinajstić information content (AvgIpc) is 3.23. The van der Waals surface area contributed by atoms with Crippen LogP contribution in [0.1, 0.15) is 23.6 Å². The minimum atomic E-state index is 0.272. The quantitative estimate of drug-likeness (QED) is 0.425. The van der Waals surface area contributed by atoms with E-state index in [-0.39, 0.29) is 6.79 Å². The number of hydrogen-bond donors (Lipinski definition) is 1. The predicted molar refractivity (Wildman–Crippen MR) is 122 cm³/mol. The van der Waals surface area contributed by atoms with Gasteiger partial charge in [0, 0.05) is 29.2 Å². The first kappa shape index (κ1) is 21.6. The van der Waals surface area contributed by atoms with Crippen LogP contribution in [0.2, 0.25) is 10.0 Å². The van der Waals surface area contributed by atoms with Crippen LogP contribution in [-0.4, -0.2) is 13.4 Å². The molecular formula is C24H23Cl2NO4. The highest BCUT2D eigenvalue weighted by atomic mass is 35.5. The summed E-state index contributed by atoms with van der Waals surface area (Å²) in [5.74, 6) is 2.82. The van der Waals surface area contributed by atoms with E-state index >= 15 is 0 Å². The molecule has 0 spiro atoms. The van der Waals surface area contributed by atoms with Gasteiger partial charge in [-0.25, -0.2) is 0 Å². The zero-order valence-corrected chi connectivity index (χ0v) is 18.6. The Labute approximate surface area is 191 Å². The SMILES string of the molecule is CCOc1cc(CNCc2ccc3c(c2)OCO3)c(Cl)cc1OCc1cccc(Cl)c1. The van der Waals surface area contributed by atoms with Crippen LogP contribution in [0.3, 0.4) is 0 Å². The third kappa shape index (κ3) is 5.56. The molecule has 0 aliphatic carbocycles. The molecule has 1 N–H and O–H groups in total. The molecule has 1 heterocycles. The Hall–Kier alpha value is -2.60. The molecule has 1 aliphatic heterocycles.